The van der Waals surface area contributed by atoms with Gasteiger partial charge in [0.15, 0.2) is 0 Å². The SMILES string of the molecule is OCc1cccc(-c2ccc(Cl)cc2Cl)c1. The van der Waals surface area contributed by atoms with Crippen LogP contribution >= 0.6 is 23.2 Å². The summed E-state index contributed by atoms with van der Waals surface area (Å²) in [5.41, 5.74) is 2.76. The molecule has 1 nitrogen and oxygen atoms in total. The van der Waals surface area contributed by atoms with Crippen molar-refractivity contribution in [3.05, 3.63) is 58.1 Å². The van der Waals surface area contributed by atoms with Crippen LogP contribution in [-0.2, 0) is 6.61 Å². The zero-order chi connectivity index (χ0) is 11.5. The predicted octanol–water partition coefficient (Wildman–Crippen LogP) is 4.15. The van der Waals surface area contributed by atoms with E-state index in [9.17, 15) is 0 Å². The fraction of sp³-hybridized carbons (Fsp3) is 0.0769. The minimum atomic E-state index is 0.0268. The van der Waals surface area contributed by atoms with Gasteiger partial charge in [-0.05, 0) is 29.3 Å². The zero-order valence-electron chi connectivity index (χ0n) is 8.45. The molecule has 0 fully saturated rings. The van der Waals surface area contributed by atoms with Gasteiger partial charge in [0, 0.05) is 15.6 Å². The molecule has 3 heteroatoms. The molecule has 2 rings (SSSR count). The number of aliphatic hydroxyl groups is 1. The van der Waals surface area contributed by atoms with Gasteiger partial charge < -0.3 is 5.11 Å². The number of benzene rings is 2. The van der Waals surface area contributed by atoms with Crippen LogP contribution in [0.3, 0.4) is 0 Å². The van der Waals surface area contributed by atoms with E-state index in [-0.39, 0.29) is 6.61 Å². The lowest BCUT2D eigenvalue weighted by Crippen LogP contribution is -1.85. The zero-order valence-corrected chi connectivity index (χ0v) is 9.96. The molecule has 1 N–H and O–H groups in total. The van der Waals surface area contributed by atoms with Crippen LogP contribution in [0.1, 0.15) is 5.56 Å². The molecule has 82 valence electrons. The minimum absolute atomic E-state index is 0.0268. The molecule has 0 amide bonds. The van der Waals surface area contributed by atoms with Gasteiger partial charge in [-0.25, -0.2) is 0 Å². The van der Waals surface area contributed by atoms with Gasteiger partial charge in [-0.15, -0.1) is 0 Å². The Kier molecular flexibility index (Phi) is 3.49. The van der Waals surface area contributed by atoms with E-state index in [1.807, 2.05) is 30.3 Å². The molecule has 0 aromatic heterocycles. The third kappa shape index (κ3) is 2.38. The first-order valence-corrected chi connectivity index (χ1v) is 5.61. The van der Waals surface area contributed by atoms with Crippen LogP contribution in [-0.4, -0.2) is 5.11 Å². The van der Waals surface area contributed by atoms with Crippen LogP contribution in [0.4, 0.5) is 0 Å². The van der Waals surface area contributed by atoms with E-state index in [2.05, 4.69) is 0 Å². The Morgan fingerprint density at radius 3 is 2.50 bits per heavy atom. The Balaban J connectivity index is 2.49. The fourth-order valence-corrected chi connectivity index (χ4v) is 2.08. The maximum absolute atomic E-state index is 9.07. The van der Waals surface area contributed by atoms with Crippen molar-refractivity contribution in [2.24, 2.45) is 0 Å². The highest BCUT2D eigenvalue weighted by atomic mass is 35.5. The van der Waals surface area contributed by atoms with Gasteiger partial charge in [-0.3, -0.25) is 0 Å². The van der Waals surface area contributed by atoms with Crippen molar-refractivity contribution in [3.8, 4) is 11.1 Å². The van der Waals surface area contributed by atoms with Crippen LogP contribution in [0.5, 0.6) is 0 Å². The Labute approximate surface area is 104 Å². The Hall–Kier alpha value is -1.02. The van der Waals surface area contributed by atoms with Crippen LogP contribution in [0.25, 0.3) is 11.1 Å². The number of hydrogen-bond acceptors (Lipinski definition) is 1. The summed E-state index contributed by atoms with van der Waals surface area (Å²) in [5.74, 6) is 0. The van der Waals surface area contributed by atoms with Crippen LogP contribution < -0.4 is 0 Å². The molecule has 0 atom stereocenters. The summed E-state index contributed by atoms with van der Waals surface area (Å²) in [6.07, 6.45) is 0. The van der Waals surface area contributed by atoms with Gasteiger partial charge in [0.25, 0.3) is 0 Å². The van der Waals surface area contributed by atoms with E-state index < -0.39 is 0 Å². The highest BCUT2D eigenvalue weighted by molar-refractivity contribution is 6.36. The number of aliphatic hydroxyl groups excluding tert-OH is 1. The van der Waals surface area contributed by atoms with E-state index in [4.69, 9.17) is 28.3 Å². The molecule has 0 saturated heterocycles. The van der Waals surface area contributed by atoms with Gasteiger partial charge >= 0.3 is 0 Å². The standard InChI is InChI=1S/C13H10Cl2O/c14-11-4-5-12(13(15)7-11)10-3-1-2-9(6-10)8-16/h1-7,16H,8H2. The molecular formula is C13H10Cl2O. The van der Waals surface area contributed by atoms with Crippen molar-refractivity contribution in [2.45, 2.75) is 6.61 Å². The van der Waals surface area contributed by atoms with Crippen molar-refractivity contribution in [1.29, 1.82) is 0 Å². The van der Waals surface area contributed by atoms with Crippen molar-refractivity contribution in [1.82, 2.24) is 0 Å². The summed E-state index contributed by atoms with van der Waals surface area (Å²) >= 11 is 12.0. The third-order valence-electron chi connectivity index (χ3n) is 2.35. The summed E-state index contributed by atoms with van der Waals surface area (Å²) in [6.45, 7) is 0.0268. The fourth-order valence-electron chi connectivity index (χ4n) is 1.56. The number of rotatable bonds is 2. The van der Waals surface area contributed by atoms with E-state index in [0.29, 0.717) is 10.0 Å². The molecule has 2 aromatic rings. The Bertz CT molecular complexity index is 509. The molecule has 0 spiro atoms. The maximum atomic E-state index is 9.07. The van der Waals surface area contributed by atoms with E-state index in [0.717, 1.165) is 16.7 Å². The number of halogens is 2. The lowest BCUT2D eigenvalue weighted by Gasteiger charge is -2.06. The monoisotopic (exact) mass is 252 g/mol. The van der Waals surface area contributed by atoms with Gasteiger partial charge in [0.2, 0.25) is 0 Å². The van der Waals surface area contributed by atoms with E-state index >= 15 is 0 Å². The third-order valence-corrected chi connectivity index (χ3v) is 2.90. The molecule has 0 radical (unpaired) electrons. The maximum Gasteiger partial charge on any atom is 0.0682 e. The van der Waals surface area contributed by atoms with Crippen LogP contribution in [0.15, 0.2) is 42.5 Å². The Morgan fingerprint density at radius 1 is 1.00 bits per heavy atom. The van der Waals surface area contributed by atoms with Crippen LogP contribution in [0.2, 0.25) is 10.0 Å². The minimum Gasteiger partial charge on any atom is -0.392 e. The average Bonchev–Trinajstić information content (AvgIpc) is 2.29. The molecule has 0 saturated carbocycles. The van der Waals surface area contributed by atoms with Gasteiger partial charge in [-0.2, -0.15) is 0 Å². The van der Waals surface area contributed by atoms with E-state index in [1.54, 1.807) is 12.1 Å². The van der Waals surface area contributed by atoms with Crippen molar-refractivity contribution in [3.63, 3.8) is 0 Å². The molecule has 0 aliphatic rings. The highest BCUT2D eigenvalue weighted by Crippen LogP contribution is 2.30. The topological polar surface area (TPSA) is 20.2 Å². The second kappa shape index (κ2) is 4.88. The van der Waals surface area contributed by atoms with Gasteiger partial charge in [-0.1, -0.05) is 47.5 Å². The molecular weight excluding hydrogens is 243 g/mol. The summed E-state index contributed by atoms with van der Waals surface area (Å²) in [6, 6.07) is 13.0. The number of hydrogen-bond donors (Lipinski definition) is 1. The first kappa shape index (κ1) is 11.5. The first-order valence-electron chi connectivity index (χ1n) is 4.86. The lowest BCUT2D eigenvalue weighted by molar-refractivity contribution is 0.282. The smallest absolute Gasteiger partial charge is 0.0682 e. The Morgan fingerprint density at radius 2 is 1.81 bits per heavy atom. The molecule has 0 bridgehead atoms. The quantitative estimate of drug-likeness (QED) is 0.852. The van der Waals surface area contributed by atoms with Gasteiger partial charge in [0.1, 0.15) is 0 Å². The summed E-state index contributed by atoms with van der Waals surface area (Å²) in [4.78, 5) is 0. The molecule has 0 heterocycles. The second-order valence-electron chi connectivity index (χ2n) is 3.48. The molecule has 2 aromatic carbocycles. The summed E-state index contributed by atoms with van der Waals surface area (Å²) < 4.78 is 0. The normalized spacial score (nSPS) is 10.4. The first-order chi connectivity index (χ1) is 7.70. The average molecular weight is 253 g/mol. The molecule has 16 heavy (non-hydrogen) atoms. The lowest BCUT2D eigenvalue weighted by atomic mass is 10.0. The highest BCUT2D eigenvalue weighted by Gasteiger charge is 2.04. The second-order valence-corrected chi connectivity index (χ2v) is 4.33. The predicted molar refractivity (Wildman–Crippen MR) is 67.8 cm³/mol. The van der Waals surface area contributed by atoms with E-state index in [1.165, 1.54) is 0 Å². The largest absolute Gasteiger partial charge is 0.392 e. The van der Waals surface area contributed by atoms with Crippen molar-refractivity contribution in [2.75, 3.05) is 0 Å². The molecule has 0 aliphatic heterocycles. The van der Waals surface area contributed by atoms with Crippen molar-refractivity contribution < 1.29 is 5.11 Å². The van der Waals surface area contributed by atoms with Crippen molar-refractivity contribution >= 4 is 23.2 Å². The van der Waals surface area contributed by atoms with Crippen LogP contribution in [0, 0.1) is 0 Å². The molecule has 0 aliphatic carbocycles. The summed E-state index contributed by atoms with van der Waals surface area (Å²) in [5, 5.41) is 10.3. The summed E-state index contributed by atoms with van der Waals surface area (Å²) in [7, 11) is 0. The van der Waals surface area contributed by atoms with Gasteiger partial charge in [0.05, 0.1) is 6.61 Å². The molecule has 0 unspecified atom stereocenters.